The average Bonchev–Trinajstić information content (AvgIpc) is 3.08. The summed E-state index contributed by atoms with van der Waals surface area (Å²) in [6.07, 6.45) is 3.24. The van der Waals surface area contributed by atoms with Gasteiger partial charge in [-0.25, -0.2) is 9.78 Å². The van der Waals surface area contributed by atoms with Gasteiger partial charge in [-0.15, -0.1) is 0 Å². The van der Waals surface area contributed by atoms with Crippen LogP contribution >= 0.6 is 0 Å². The van der Waals surface area contributed by atoms with Gasteiger partial charge in [0, 0.05) is 5.39 Å². The number of methoxy groups -OCH3 is 2. The monoisotopic (exact) mass is 377 g/mol. The molecule has 6 heteroatoms. The van der Waals surface area contributed by atoms with Gasteiger partial charge in [0.2, 0.25) is 5.75 Å². The number of hydrogen-bond donors (Lipinski definition) is 2. The number of carboxylic acid groups (broad SMARTS) is 1. The summed E-state index contributed by atoms with van der Waals surface area (Å²) in [5, 5.41) is 20.5. The van der Waals surface area contributed by atoms with Crippen molar-refractivity contribution in [1.29, 1.82) is 0 Å². The molecule has 2 aromatic carbocycles. The van der Waals surface area contributed by atoms with Crippen LogP contribution in [0.15, 0.2) is 36.4 Å². The maximum Gasteiger partial charge on any atom is 0.336 e. The molecule has 1 aliphatic carbocycles. The number of pyridine rings is 1. The van der Waals surface area contributed by atoms with Gasteiger partial charge < -0.3 is 19.7 Å². The van der Waals surface area contributed by atoms with Crippen LogP contribution in [0.4, 0.5) is 0 Å². The Morgan fingerprint density at radius 3 is 2.43 bits per heavy atom. The number of benzene rings is 2. The molecule has 0 amide bonds. The number of aromatic nitrogens is 1. The van der Waals surface area contributed by atoms with Gasteiger partial charge in [0.1, 0.15) is 0 Å². The molecule has 0 aliphatic heterocycles. The summed E-state index contributed by atoms with van der Waals surface area (Å²) in [5.41, 5.74) is 4.17. The van der Waals surface area contributed by atoms with E-state index in [1.54, 1.807) is 18.2 Å². The second-order valence-electron chi connectivity index (χ2n) is 6.58. The van der Waals surface area contributed by atoms with Crippen molar-refractivity contribution < 1.29 is 24.5 Å². The summed E-state index contributed by atoms with van der Waals surface area (Å²) in [7, 11) is 2.95. The molecule has 0 fully saturated rings. The Bertz CT molecular complexity index is 1110. The van der Waals surface area contributed by atoms with Crippen molar-refractivity contribution in [3.05, 3.63) is 58.8 Å². The van der Waals surface area contributed by atoms with Crippen LogP contribution in [0.5, 0.6) is 17.2 Å². The molecule has 3 aromatic rings. The van der Waals surface area contributed by atoms with Crippen molar-refractivity contribution in [2.75, 3.05) is 14.2 Å². The van der Waals surface area contributed by atoms with Crippen molar-refractivity contribution in [1.82, 2.24) is 4.98 Å². The molecule has 1 aliphatic rings. The van der Waals surface area contributed by atoms with E-state index in [0.717, 1.165) is 16.7 Å². The van der Waals surface area contributed by atoms with Crippen LogP contribution in [-0.2, 0) is 6.42 Å². The van der Waals surface area contributed by atoms with Gasteiger partial charge >= 0.3 is 5.97 Å². The molecule has 1 heterocycles. The second kappa shape index (κ2) is 6.88. The molecule has 142 valence electrons. The van der Waals surface area contributed by atoms with Crippen LogP contribution in [0.1, 0.15) is 33.6 Å². The van der Waals surface area contributed by atoms with Crippen LogP contribution in [0, 0.1) is 0 Å². The maximum absolute atomic E-state index is 11.9. The van der Waals surface area contributed by atoms with Gasteiger partial charge in [0.15, 0.2) is 11.5 Å². The molecule has 28 heavy (non-hydrogen) atoms. The van der Waals surface area contributed by atoms with Gasteiger partial charge in [0.25, 0.3) is 0 Å². The van der Waals surface area contributed by atoms with E-state index in [0.29, 0.717) is 46.5 Å². The first-order chi connectivity index (χ1) is 13.5. The van der Waals surface area contributed by atoms with Gasteiger partial charge in [0.05, 0.1) is 31.0 Å². The average molecular weight is 377 g/mol. The van der Waals surface area contributed by atoms with Crippen molar-refractivity contribution in [3.63, 3.8) is 0 Å². The van der Waals surface area contributed by atoms with Crippen LogP contribution in [-0.4, -0.2) is 35.4 Å². The third kappa shape index (κ3) is 2.83. The molecule has 0 radical (unpaired) electrons. The SMILES string of the molecule is COc1cc(/C=C2\CCc3c2nc2ccccc2c3C(=O)O)cc(OC)c1O. The number of aromatic hydroxyl groups is 1. The highest BCUT2D eigenvalue weighted by atomic mass is 16.5. The van der Waals surface area contributed by atoms with E-state index in [2.05, 4.69) is 0 Å². The molecule has 0 atom stereocenters. The fraction of sp³-hybridized carbons (Fsp3) is 0.182. The van der Waals surface area contributed by atoms with E-state index in [1.165, 1.54) is 14.2 Å². The third-order valence-electron chi connectivity index (χ3n) is 5.00. The number of rotatable bonds is 4. The van der Waals surface area contributed by atoms with E-state index < -0.39 is 5.97 Å². The molecule has 2 N–H and O–H groups in total. The zero-order chi connectivity index (χ0) is 19.8. The number of hydrogen-bond acceptors (Lipinski definition) is 5. The van der Waals surface area contributed by atoms with E-state index >= 15 is 0 Å². The molecular formula is C22H19NO5. The molecule has 4 rings (SSSR count). The smallest absolute Gasteiger partial charge is 0.336 e. The lowest BCUT2D eigenvalue weighted by Crippen LogP contribution is -2.05. The number of aromatic carboxylic acids is 1. The largest absolute Gasteiger partial charge is 0.502 e. The second-order valence-corrected chi connectivity index (χ2v) is 6.58. The number of fused-ring (bicyclic) bond motifs is 2. The summed E-state index contributed by atoms with van der Waals surface area (Å²) in [5.74, 6) is -0.385. The van der Waals surface area contributed by atoms with Crippen LogP contribution < -0.4 is 9.47 Å². The Hall–Kier alpha value is -3.54. The lowest BCUT2D eigenvalue weighted by Gasteiger charge is -2.11. The third-order valence-corrected chi connectivity index (χ3v) is 5.00. The highest BCUT2D eigenvalue weighted by Crippen LogP contribution is 2.41. The molecule has 6 nitrogen and oxygen atoms in total. The molecule has 0 saturated heterocycles. The van der Waals surface area contributed by atoms with Crippen molar-refractivity contribution in [3.8, 4) is 17.2 Å². The van der Waals surface area contributed by atoms with Crippen molar-refractivity contribution >= 4 is 28.5 Å². The predicted molar refractivity (Wildman–Crippen MR) is 106 cm³/mol. The van der Waals surface area contributed by atoms with Crippen molar-refractivity contribution in [2.45, 2.75) is 12.8 Å². The highest BCUT2D eigenvalue weighted by molar-refractivity contribution is 6.06. The number of nitrogens with zero attached hydrogens (tertiary/aromatic N) is 1. The summed E-state index contributed by atoms with van der Waals surface area (Å²) in [6, 6.07) is 10.7. The lowest BCUT2D eigenvalue weighted by atomic mass is 10.0. The summed E-state index contributed by atoms with van der Waals surface area (Å²) in [4.78, 5) is 16.7. The first-order valence-electron chi connectivity index (χ1n) is 8.84. The topological polar surface area (TPSA) is 88.9 Å². The summed E-state index contributed by atoms with van der Waals surface area (Å²) >= 11 is 0. The van der Waals surface area contributed by atoms with E-state index in [9.17, 15) is 15.0 Å². The first-order valence-corrected chi connectivity index (χ1v) is 8.84. The minimum atomic E-state index is -0.941. The Morgan fingerprint density at radius 1 is 1.11 bits per heavy atom. The quantitative estimate of drug-likeness (QED) is 0.710. The highest BCUT2D eigenvalue weighted by Gasteiger charge is 2.26. The molecule has 0 saturated carbocycles. The number of allylic oxidation sites excluding steroid dienone is 1. The number of phenolic OH excluding ortho intramolecular Hbond substituents is 1. The molecule has 1 aromatic heterocycles. The Morgan fingerprint density at radius 2 is 1.79 bits per heavy atom. The van der Waals surface area contributed by atoms with E-state index in [-0.39, 0.29) is 5.75 Å². The Kier molecular flexibility index (Phi) is 4.39. The maximum atomic E-state index is 11.9. The van der Waals surface area contributed by atoms with Crippen molar-refractivity contribution in [2.24, 2.45) is 0 Å². The van der Waals surface area contributed by atoms with Gasteiger partial charge in [-0.3, -0.25) is 0 Å². The molecule has 0 spiro atoms. The molecule has 0 bridgehead atoms. The summed E-state index contributed by atoms with van der Waals surface area (Å²) < 4.78 is 10.4. The Labute approximate surface area is 161 Å². The van der Waals surface area contributed by atoms with E-state index in [1.807, 2.05) is 24.3 Å². The fourth-order valence-corrected chi connectivity index (χ4v) is 3.72. The number of para-hydroxylation sites is 1. The number of phenols is 1. The lowest BCUT2D eigenvalue weighted by molar-refractivity contribution is 0.0698. The van der Waals surface area contributed by atoms with Crippen LogP contribution in [0.3, 0.4) is 0 Å². The summed E-state index contributed by atoms with van der Waals surface area (Å²) in [6.45, 7) is 0. The normalized spacial score (nSPS) is 14.3. The predicted octanol–water partition coefficient (Wildman–Crippen LogP) is 4.14. The van der Waals surface area contributed by atoms with E-state index in [4.69, 9.17) is 14.5 Å². The van der Waals surface area contributed by atoms with Crippen LogP contribution in [0.25, 0.3) is 22.6 Å². The standard InChI is InChI=1S/C22H19NO5/c1-27-17-10-12(11-18(28-2)21(17)24)9-13-7-8-15-19(22(25)26)14-5-3-4-6-16(14)23-20(13)15/h3-6,9-11,24H,7-8H2,1-2H3,(H,25,26)/b13-9+. The number of carbonyl (C=O) groups is 1. The number of carboxylic acids is 1. The molecule has 0 unspecified atom stereocenters. The fourth-order valence-electron chi connectivity index (χ4n) is 3.72. The van der Waals surface area contributed by atoms with Gasteiger partial charge in [-0.1, -0.05) is 18.2 Å². The minimum absolute atomic E-state index is 0.0590. The molecular weight excluding hydrogens is 358 g/mol. The zero-order valence-corrected chi connectivity index (χ0v) is 15.5. The number of ether oxygens (including phenoxy) is 2. The Balaban J connectivity index is 1.90. The van der Waals surface area contributed by atoms with Crippen LogP contribution in [0.2, 0.25) is 0 Å². The van der Waals surface area contributed by atoms with Gasteiger partial charge in [-0.2, -0.15) is 0 Å². The minimum Gasteiger partial charge on any atom is -0.502 e. The van der Waals surface area contributed by atoms with Gasteiger partial charge in [-0.05, 0) is 53.8 Å². The zero-order valence-electron chi connectivity index (χ0n) is 15.5. The first kappa shape index (κ1) is 17.9.